The van der Waals surface area contributed by atoms with Crippen molar-refractivity contribution in [1.82, 2.24) is 10.6 Å². The number of hydrogen-bond donors (Lipinski definition) is 3. The van der Waals surface area contributed by atoms with Gasteiger partial charge < -0.3 is 25.2 Å². The van der Waals surface area contributed by atoms with Gasteiger partial charge in [0.25, 0.3) is 5.72 Å². The summed E-state index contributed by atoms with van der Waals surface area (Å²) >= 11 is 4.88. The molecule has 1 fully saturated rings. The van der Waals surface area contributed by atoms with Crippen molar-refractivity contribution in [2.75, 3.05) is 6.61 Å². The van der Waals surface area contributed by atoms with Gasteiger partial charge in [0.05, 0.1) is 12.6 Å². The number of rotatable bonds is 5. The summed E-state index contributed by atoms with van der Waals surface area (Å²) in [6, 6.07) is 13.6. The molecule has 0 spiro atoms. The van der Waals surface area contributed by atoms with Crippen molar-refractivity contribution in [1.29, 1.82) is 0 Å². The molecule has 1 aliphatic heterocycles. The summed E-state index contributed by atoms with van der Waals surface area (Å²) in [5.41, 5.74) is -3.35. The second-order valence-corrected chi connectivity index (χ2v) is 6.97. The average Bonchev–Trinajstić information content (AvgIpc) is 2.67. The van der Waals surface area contributed by atoms with Crippen LogP contribution in [0.2, 0.25) is 0 Å². The van der Waals surface area contributed by atoms with Crippen molar-refractivity contribution in [3.8, 4) is 11.5 Å². The Hall–Kier alpha value is -2.85. The molecule has 0 aliphatic carbocycles. The summed E-state index contributed by atoms with van der Waals surface area (Å²) in [5.74, 6) is -2.42. The molecule has 6 nitrogen and oxygen atoms in total. The van der Waals surface area contributed by atoms with E-state index in [1.54, 1.807) is 41.7 Å². The number of ether oxygens (including phenoxy) is 2. The lowest BCUT2D eigenvalue weighted by molar-refractivity contribution is -0.292. The molecule has 3 rings (SSSR count). The molecule has 3 N–H and O–H groups in total. The first kappa shape index (κ1) is 21.8. The molecular formula is C20H19F3N2O4S. The van der Waals surface area contributed by atoms with Gasteiger partial charge in [0.2, 0.25) is 0 Å². The smallest absolute Gasteiger partial charge is 0.437 e. The molecule has 0 amide bonds. The number of alkyl halides is 3. The molecule has 0 aromatic heterocycles. The zero-order valence-corrected chi connectivity index (χ0v) is 16.6. The van der Waals surface area contributed by atoms with Crippen molar-refractivity contribution in [3.63, 3.8) is 0 Å². The van der Waals surface area contributed by atoms with E-state index in [0.717, 1.165) is 0 Å². The first-order chi connectivity index (χ1) is 14.2. The highest BCUT2D eigenvalue weighted by Gasteiger charge is 2.66. The molecule has 10 heteroatoms. The number of carbonyl (C=O) groups is 1. The molecule has 0 bridgehead atoms. The van der Waals surface area contributed by atoms with Crippen LogP contribution < -0.4 is 15.4 Å². The third kappa shape index (κ3) is 4.34. The Labute approximate surface area is 176 Å². The van der Waals surface area contributed by atoms with Gasteiger partial charge in [-0.3, -0.25) is 4.79 Å². The minimum atomic E-state index is -5.20. The van der Waals surface area contributed by atoms with Crippen LogP contribution in [-0.2, 0) is 9.53 Å². The first-order valence-electron chi connectivity index (χ1n) is 9.03. The van der Waals surface area contributed by atoms with Crippen LogP contribution in [0, 0.1) is 5.92 Å². The van der Waals surface area contributed by atoms with Crippen LogP contribution in [0.3, 0.4) is 0 Å². The van der Waals surface area contributed by atoms with Crippen LogP contribution in [0.25, 0.3) is 0 Å². The molecule has 0 radical (unpaired) electrons. The predicted molar refractivity (Wildman–Crippen MR) is 106 cm³/mol. The van der Waals surface area contributed by atoms with Gasteiger partial charge in [-0.05, 0) is 49.0 Å². The predicted octanol–water partition coefficient (Wildman–Crippen LogP) is 3.43. The SMILES string of the molecule is CCOC(=O)[C@@H]1[C@@H](c2cccc(Oc3ccccc3)c2)NC(=S)N[C@]1(O)C(F)(F)F. The van der Waals surface area contributed by atoms with Gasteiger partial charge in [-0.15, -0.1) is 0 Å². The lowest BCUT2D eigenvalue weighted by atomic mass is 9.82. The fourth-order valence-electron chi connectivity index (χ4n) is 3.21. The zero-order valence-electron chi connectivity index (χ0n) is 15.8. The largest absolute Gasteiger partial charge is 0.466 e. The van der Waals surface area contributed by atoms with Crippen molar-refractivity contribution in [3.05, 3.63) is 60.2 Å². The van der Waals surface area contributed by atoms with Crippen LogP contribution in [0.5, 0.6) is 11.5 Å². The van der Waals surface area contributed by atoms with Crippen molar-refractivity contribution < 1.29 is 32.5 Å². The molecule has 0 unspecified atom stereocenters. The number of halogens is 3. The number of esters is 1. The van der Waals surface area contributed by atoms with E-state index in [1.807, 2.05) is 6.07 Å². The lowest BCUT2D eigenvalue weighted by Crippen LogP contribution is -2.73. The highest BCUT2D eigenvalue weighted by molar-refractivity contribution is 7.80. The zero-order chi connectivity index (χ0) is 21.9. The molecule has 2 aromatic rings. The number of carbonyl (C=O) groups excluding carboxylic acids is 1. The Morgan fingerprint density at radius 1 is 1.17 bits per heavy atom. The van der Waals surface area contributed by atoms with Crippen LogP contribution in [-0.4, -0.2) is 34.7 Å². The van der Waals surface area contributed by atoms with E-state index in [0.29, 0.717) is 11.5 Å². The van der Waals surface area contributed by atoms with Gasteiger partial charge >= 0.3 is 12.1 Å². The standard InChI is InChI=1S/C20H19F3N2O4S/c1-2-28-17(26)15-16(24-18(30)25-19(15,27)20(21,22)23)12-7-6-10-14(11-12)29-13-8-4-3-5-9-13/h3-11,15-16,27H,2H2,1H3,(H2,24,25,30)/t15-,16+,19+/m0/s1. The number of aliphatic hydroxyl groups is 1. The third-order valence-corrected chi connectivity index (χ3v) is 4.76. The molecule has 160 valence electrons. The normalized spacial score (nSPS) is 23.8. The fraction of sp³-hybridized carbons (Fsp3) is 0.300. The number of nitrogens with one attached hydrogen (secondary N) is 2. The van der Waals surface area contributed by atoms with Gasteiger partial charge in [0.1, 0.15) is 17.4 Å². The maximum absolute atomic E-state index is 13.8. The van der Waals surface area contributed by atoms with E-state index in [9.17, 15) is 23.1 Å². The first-order valence-corrected chi connectivity index (χ1v) is 9.44. The summed E-state index contributed by atoms with van der Waals surface area (Å²) in [6.45, 7) is 1.31. The Morgan fingerprint density at radius 3 is 2.47 bits per heavy atom. The number of benzene rings is 2. The van der Waals surface area contributed by atoms with Crippen LogP contribution in [0.4, 0.5) is 13.2 Å². The molecule has 2 aromatic carbocycles. The minimum absolute atomic E-state index is 0.155. The quantitative estimate of drug-likeness (QED) is 0.486. The number of para-hydroxylation sites is 1. The Balaban J connectivity index is 2.02. The third-order valence-electron chi connectivity index (χ3n) is 4.54. The van der Waals surface area contributed by atoms with E-state index < -0.39 is 34.9 Å². The highest BCUT2D eigenvalue weighted by atomic mass is 32.1. The molecule has 1 aliphatic rings. The van der Waals surface area contributed by atoms with E-state index >= 15 is 0 Å². The lowest BCUT2D eigenvalue weighted by Gasteiger charge is -2.45. The maximum Gasteiger partial charge on any atom is 0.437 e. The minimum Gasteiger partial charge on any atom is -0.466 e. The van der Waals surface area contributed by atoms with Crippen LogP contribution in [0.15, 0.2) is 54.6 Å². The van der Waals surface area contributed by atoms with Crippen molar-refractivity contribution in [2.24, 2.45) is 5.92 Å². The molecule has 3 atom stereocenters. The van der Waals surface area contributed by atoms with Crippen LogP contribution in [0.1, 0.15) is 18.5 Å². The van der Waals surface area contributed by atoms with E-state index in [4.69, 9.17) is 21.7 Å². The number of hydrogen-bond acceptors (Lipinski definition) is 5. The van der Waals surface area contributed by atoms with E-state index in [1.165, 1.54) is 19.1 Å². The summed E-state index contributed by atoms with van der Waals surface area (Å²) in [6.07, 6.45) is -5.20. The fourth-order valence-corrected chi connectivity index (χ4v) is 3.49. The topological polar surface area (TPSA) is 79.8 Å². The Kier molecular flexibility index (Phi) is 6.18. The van der Waals surface area contributed by atoms with Gasteiger partial charge in [-0.1, -0.05) is 30.3 Å². The Morgan fingerprint density at radius 2 is 1.83 bits per heavy atom. The molecule has 30 heavy (non-hydrogen) atoms. The van der Waals surface area contributed by atoms with Gasteiger partial charge in [-0.2, -0.15) is 13.2 Å². The Bertz CT molecular complexity index is 926. The maximum atomic E-state index is 13.8. The van der Waals surface area contributed by atoms with Gasteiger partial charge in [0, 0.05) is 0 Å². The monoisotopic (exact) mass is 440 g/mol. The summed E-state index contributed by atoms with van der Waals surface area (Å²) in [4.78, 5) is 12.5. The summed E-state index contributed by atoms with van der Waals surface area (Å²) < 4.78 is 51.9. The van der Waals surface area contributed by atoms with Gasteiger partial charge in [0.15, 0.2) is 5.11 Å². The average molecular weight is 440 g/mol. The van der Waals surface area contributed by atoms with Crippen molar-refractivity contribution >= 4 is 23.3 Å². The second kappa shape index (κ2) is 8.49. The second-order valence-electron chi connectivity index (χ2n) is 6.56. The summed E-state index contributed by atoms with van der Waals surface area (Å²) in [7, 11) is 0. The van der Waals surface area contributed by atoms with Crippen LogP contribution >= 0.6 is 12.2 Å². The molecule has 0 saturated carbocycles. The number of thiocarbonyl (C=S) groups is 1. The molecular weight excluding hydrogens is 421 g/mol. The van der Waals surface area contributed by atoms with E-state index in [-0.39, 0.29) is 12.2 Å². The molecule has 1 saturated heterocycles. The summed E-state index contributed by atoms with van der Waals surface area (Å²) in [5, 5.41) is 14.5. The van der Waals surface area contributed by atoms with Crippen molar-refractivity contribution in [2.45, 2.75) is 24.9 Å². The van der Waals surface area contributed by atoms with Gasteiger partial charge in [-0.25, -0.2) is 0 Å². The van der Waals surface area contributed by atoms with E-state index in [2.05, 4.69) is 5.32 Å². The molecule has 1 heterocycles. The highest BCUT2D eigenvalue weighted by Crippen LogP contribution is 2.43.